The molecule has 150 valence electrons. The predicted octanol–water partition coefficient (Wildman–Crippen LogP) is 1.93. The first kappa shape index (κ1) is 19.1. The monoisotopic (exact) mass is 393 g/mol. The van der Waals surface area contributed by atoms with Gasteiger partial charge in [0.15, 0.2) is 0 Å². The molecule has 0 unspecified atom stereocenters. The number of para-hydroxylation sites is 1. The minimum absolute atomic E-state index is 0.183. The predicted molar refractivity (Wildman–Crippen MR) is 109 cm³/mol. The lowest BCUT2D eigenvalue weighted by molar-refractivity contribution is -0.123. The third kappa shape index (κ3) is 3.73. The first-order chi connectivity index (χ1) is 14.1. The molecule has 7 heteroatoms. The highest BCUT2D eigenvalue weighted by Gasteiger charge is 2.43. The van der Waals surface area contributed by atoms with Gasteiger partial charge in [0.2, 0.25) is 5.91 Å². The van der Waals surface area contributed by atoms with E-state index in [0.717, 1.165) is 26.2 Å². The molecular formula is C22H23N3O4. The van der Waals surface area contributed by atoms with Gasteiger partial charge in [-0.25, -0.2) is 9.69 Å². The molecule has 4 rings (SSSR count). The molecule has 7 nitrogen and oxygen atoms in total. The first-order valence-electron chi connectivity index (χ1n) is 9.67. The van der Waals surface area contributed by atoms with Crippen LogP contribution in [0.15, 0.2) is 54.6 Å². The highest BCUT2D eigenvalue weighted by molar-refractivity contribution is 6.22. The number of rotatable bonds is 4. The minimum Gasteiger partial charge on any atom is -0.465 e. The second-order valence-corrected chi connectivity index (χ2v) is 7.18. The van der Waals surface area contributed by atoms with Crippen LogP contribution in [0, 0.1) is 0 Å². The number of piperazine rings is 1. The molecule has 2 amide bonds. The molecule has 0 aliphatic carbocycles. The van der Waals surface area contributed by atoms with Gasteiger partial charge >= 0.3 is 5.97 Å². The van der Waals surface area contributed by atoms with Gasteiger partial charge in [-0.3, -0.25) is 14.5 Å². The van der Waals surface area contributed by atoms with E-state index in [1.54, 1.807) is 24.3 Å². The zero-order valence-electron chi connectivity index (χ0n) is 16.3. The number of nitrogens with zero attached hydrogens (tertiary/aromatic N) is 3. The summed E-state index contributed by atoms with van der Waals surface area (Å²) in [5.74, 6) is -0.866. The van der Waals surface area contributed by atoms with E-state index in [1.807, 2.05) is 18.2 Å². The number of esters is 1. The molecule has 1 atom stereocenters. The fraction of sp³-hybridized carbons (Fsp3) is 0.318. The molecule has 0 bridgehead atoms. The molecule has 0 aromatic heterocycles. The molecule has 2 saturated heterocycles. The van der Waals surface area contributed by atoms with E-state index in [4.69, 9.17) is 0 Å². The molecule has 2 aromatic rings. The van der Waals surface area contributed by atoms with Crippen molar-refractivity contribution in [2.75, 3.05) is 43.1 Å². The third-order valence-electron chi connectivity index (χ3n) is 5.55. The number of carbonyl (C=O) groups excluding carboxylic acids is 3. The van der Waals surface area contributed by atoms with Gasteiger partial charge < -0.3 is 9.64 Å². The Morgan fingerprint density at radius 2 is 1.55 bits per heavy atom. The van der Waals surface area contributed by atoms with Gasteiger partial charge in [-0.2, -0.15) is 0 Å². The number of benzene rings is 2. The van der Waals surface area contributed by atoms with Crippen molar-refractivity contribution < 1.29 is 19.1 Å². The Morgan fingerprint density at radius 1 is 0.897 bits per heavy atom. The molecule has 2 heterocycles. The van der Waals surface area contributed by atoms with Crippen LogP contribution in [0.4, 0.5) is 11.4 Å². The van der Waals surface area contributed by atoms with Crippen molar-refractivity contribution >= 4 is 29.2 Å². The van der Waals surface area contributed by atoms with E-state index >= 15 is 0 Å². The largest absolute Gasteiger partial charge is 0.465 e. The molecule has 2 aliphatic rings. The Kier molecular flexibility index (Phi) is 5.31. The summed E-state index contributed by atoms with van der Waals surface area (Å²) >= 11 is 0. The van der Waals surface area contributed by atoms with Crippen LogP contribution in [0.1, 0.15) is 16.8 Å². The highest BCUT2D eigenvalue weighted by atomic mass is 16.5. The average Bonchev–Trinajstić information content (AvgIpc) is 3.08. The standard InChI is InChI=1S/C22H23N3O4/c1-29-22(28)16-7-9-18(10-8-16)25-20(26)15-19(21(25)27)24-13-11-23(12-14-24)17-5-3-2-4-6-17/h2-10,19H,11-15H2,1H3/t19-/m1/s1. The minimum atomic E-state index is -0.454. The summed E-state index contributed by atoms with van der Waals surface area (Å²) in [7, 11) is 1.31. The van der Waals surface area contributed by atoms with Crippen molar-refractivity contribution in [2.45, 2.75) is 12.5 Å². The lowest BCUT2D eigenvalue weighted by atomic mass is 10.1. The van der Waals surface area contributed by atoms with Gasteiger partial charge in [-0.05, 0) is 36.4 Å². The number of ether oxygens (including phenoxy) is 1. The second-order valence-electron chi connectivity index (χ2n) is 7.18. The molecule has 2 aromatic carbocycles. The van der Waals surface area contributed by atoms with E-state index in [0.29, 0.717) is 11.3 Å². The van der Waals surface area contributed by atoms with Crippen LogP contribution in [-0.2, 0) is 14.3 Å². The van der Waals surface area contributed by atoms with E-state index in [1.165, 1.54) is 17.7 Å². The van der Waals surface area contributed by atoms with Crippen molar-refractivity contribution in [3.05, 3.63) is 60.2 Å². The van der Waals surface area contributed by atoms with Crippen molar-refractivity contribution in [1.29, 1.82) is 0 Å². The van der Waals surface area contributed by atoms with Crippen LogP contribution in [0.2, 0.25) is 0 Å². The molecular weight excluding hydrogens is 370 g/mol. The van der Waals surface area contributed by atoms with Crippen molar-refractivity contribution in [2.24, 2.45) is 0 Å². The number of hydrogen-bond donors (Lipinski definition) is 0. The van der Waals surface area contributed by atoms with Crippen LogP contribution in [0.3, 0.4) is 0 Å². The van der Waals surface area contributed by atoms with Crippen molar-refractivity contribution in [1.82, 2.24) is 4.90 Å². The molecule has 29 heavy (non-hydrogen) atoms. The maximum Gasteiger partial charge on any atom is 0.337 e. The van der Waals surface area contributed by atoms with Crippen molar-refractivity contribution in [3.8, 4) is 0 Å². The van der Waals surface area contributed by atoms with Gasteiger partial charge in [-0.15, -0.1) is 0 Å². The summed E-state index contributed by atoms with van der Waals surface area (Å²) in [6, 6.07) is 16.1. The van der Waals surface area contributed by atoms with Crippen LogP contribution in [0.25, 0.3) is 0 Å². The third-order valence-corrected chi connectivity index (χ3v) is 5.55. The number of carbonyl (C=O) groups is 3. The van der Waals surface area contributed by atoms with Gasteiger partial charge in [0, 0.05) is 31.9 Å². The Bertz CT molecular complexity index is 905. The Labute approximate surface area is 169 Å². The lowest BCUT2D eigenvalue weighted by Gasteiger charge is -2.38. The number of hydrogen-bond acceptors (Lipinski definition) is 6. The van der Waals surface area contributed by atoms with Crippen LogP contribution in [0.5, 0.6) is 0 Å². The topological polar surface area (TPSA) is 70.2 Å². The summed E-state index contributed by atoms with van der Waals surface area (Å²) in [5.41, 5.74) is 2.04. The molecule has 0 spiro atoms. The average molecular weight is 393 g/mol. The quantitative estimate of drug-likeness (QED) is 0.584. The highest BCUT2D eigenvalue weighted by Crippen LogP contribution is 2.27. The summed E-state index contributed by atoms with van der Waals surface area (Å²) in [6.07, 6.45) is 0.183. The summed E-state index contributed by atoms with van der Waals surface area (Å²) in [4.78, 5) is 42.8. The zero-order valence-corrected chi connectivity index (χ0v) is 16.3. The fourth-order valence-corrected chi connectivity index (χ4v) is 3.97. The van der Waals surface area contributed by atoms with Gasteiger partial charge in [0.25, 0.3) is 5.91 Å². The molecule has 2 aliphatic heterocycles. The molecule has 0 N–H and O–H groups in total. The van der Waals surface area contributed by atoms with E-state index in [9.17, 15) is 14.4 Å². The van der Waals surface area contributed by atoms with Gasteiger partial charge in [-0.1, -0.05) is 18.2 Å². The van der Waals surface area contributed by atoms with Gasteiger partial charge in [0.1, 0.15) is 0 Å². The molecule has 0 saturated carbocycles. The zero-order chi connectivity index (χ0) is 20.4. The summed E-state index contributed by atoms with van der Waals surface area (Å²) in [6.45, 7) is 3.09. The van der Waals surface area contributed by atoms with Crippen molar-refractivity contribution in [3.63, 3.8) is 0 Å². The molecule has 0 radical (unpaired) electrons. The first-order valence-corrected chi connectivity index (χ1v) is 9.67. The number of amides is 2. The van der Waals surface area contributed by atoms with E-state index in [2.05, 4.69) is 26.7 Å². The van der Waals surface area contributed by atoms with Crippen LogP contribution < -0.4 is 9.80 Å². The van der Waals surface area contributed by atoms with E-state index in [-0.39, 0.29) is 18.2 Å². The van der Waals surface area contributed by atoms with Crippen LogP contribution >= 0.6 is 0 Å². The summed E-state index contributed by atoms with van der Waals surface area (Å²) < 4.78 is 4.68. The Morgan fingerprint density at radius 3 is 2.17 bits per heavy atom. The fourth-order valence-electron chi connectivity index (χ4n) is 3.97. The normalized spacial score (nSPS) is 20.2. The Balaban J connectivity index is 1.43. The lowest BCUT2D eigenvalue weighted by Crippen LogP contribution is -2.52. The number of imide groups is 1. The van der Waals surface area contributed by atoms with Crippen LogP contribution in [-0.4, -0.2) is 62.0 Å². The summed E-state index contributed by atoms with van der Waals surface area (Å²) in [5, 5.41) is 0. The smallest absolute Gasteiger partial charge is 0.337 e. The van der Waals surface area contributed by atoms with Gasteiger partial charge in [0.05, 0.1) is 30.8 Å². The molecule has 2 fully saturated rings. The SMILES string of the molecule is COC(=O)c1ccc(N2C(=O)C[C@@H](N3CCN(c4ccccc4)CC3)C2=O)cc1. The maximum atomic E-state index is 13.0. The second kappa shape index (κ2) is 8.05. The van der Waals surface area contributed by atoms with E-state index < -0.39 is 12.0 Å². The maximum absolute atomic E-state index is 13.0. The number of methoxy groups -OCH3 is 1. The Hall–Kier alpha value is -3.19. The number of anilines is 2.